The lowest BCUT2D eigenvalue weighted by Gasteiger charge is -1.99. The Hall–Kier alpha value is -1.61. The molecule has 21 heavy (non-hydrogen) atoms. The van der Waals surface area contributed by atoms with Crippen LogP contribution in [0.25, 0.3) is 0 Å². The van der Waals surface area contributed by atoms with E-state index in [-0.39, 0.29) is 0 Å². The summed E-state index contributed by atoms with van der Waals surface area (Å²) in [5.74, 6) is -0.686. The highest BCUT2D eigenvalue weighted by Gasteiger charge is 2.02. The van der Waals surface area contributed by atoms with Gasteiger partial charge in [-0.15, -0.1) is 11.3 Å². The normalized spacial score (nSPS) is 10.7. The van der Waals surface area contributed by atoms with Crippen LogP contribution in [0.3, 0.4) is 0 Å². The largest absolute Gasteiger partial charge is 0.481 e. The molecule has 0 amide bonds. The number of rotatable bonds is 9. The summed E-state index contributed by atoms with van der Waals surface area (Å²) in [5, 5.41) is 8.59. The van der Waals surface area contributed by atoms with E-state index in [1.165, 1.54) is 15.3 Å². The van der Waals surface area contributed by atoms with Gasteiger partial charge in [0, 0.05) is 16.2 Å². The van der Waals surface area contributed by atoms with Crippen LogP contribution in [-0.4, -0.2) is 11.1 Å². The van der Waals surface area contributed by atoms with Crippen molar-refractivity contribution < 1.29 is 9.90 Å². The Balaban J connectivity index is 1.68. The van der Waals surface area contributed by atoms with Crippen LogP contribution in [0.4, 0.5) is 0 Å². The Labute approximate surface area is 130 Å². The second-order valence-corrected chi connectivity index (χ2v) is 6.56. The van der Waals surface area contributed by atoms with Crippen molar-refractivity contribution in [1.29, 1.82) is 0 Å². The van der Waals surface area contributed by atoms with Crippen LogP contribution in [0.1, 0.15) is 41.0 Å². The maximum Gasteiger partial charge on any atom is 0.303 e. The fraction of sp³-hybridized carbons (Fsp3) is 0.389. The predicted octanol–water partition coefficient (Wildman–Crippen LogP) is 4.72. The summed E-state index contributed by atoms with van der Waals surface area (Å²) in [6.07, 6.45) is 6.46. The minimum atomic E-state index is -0.686. The molecule has 112 valence electrons. The van der Waals surface area contributed by atoms with Gasteiger partial charge in [-0.2, -0.15) is 0 Å². The van der Waals surface area contributed by atoms with Crippen LogP contribution in [-0.2, 0) is 24.1 Å². The zero-order chi connectivity index (χ0) is 14.9. The molecule has 3 heteroatoms. The Morgan fingerprint density at radius 2 is 1.57 bits per heavy atom. The van der Waals surface area contributed by atoms with Crippen molar-refractivity contribution in [2.75, 3.05) is 0 Å². The van der Waals surface area contributed by atoms with Crippen LogP contribution in [0.2, 0.25) is 0 Å². The third kappa shape index (κ3) is 6.13. The first-order valence-electron chi connectivity index (χ1n) is 7.57. The lowest BCUT2D eigenvalue weighted by Crippen LogP contribution is -1.93. The van der Waals surface area contributed by atoms with Crippen molar-refractivity contribution in [1.82, 2.24) is 0 Å². The second kappa shape index (κ2) is 8.63. The molecule has 0 bridgehead atoms. The molecular formula is C18H22O2S. The van der Waals surface area contributed by atoms with Gasteiger partial charge in [-0.1, -0.05) is 36.8 Å². The zero-order valence-electron chi connectivity index (χ0n) is 12.3. The number of aryl methyl sites for hydroxylation is 3. The van der Waals surface area contributed by atoms with Gasteiger partial charge in [0.2, 0.25) is 0 Å². The van der Waals surface area contributed by atoms with Crippen molar-refractivity contribution in [2.45, 2.75) is 44.9 Å². The van der Waals surface area contributed by atoms with Gasteiger partial charge in [0.15, 0.2) is 0 Å². The van der Waals surface area contributed by atoms with Crippen molar-refractivity contribution in [3.05, 3.63) is 57.8 Å². The smallest absolute Gasteiger partial charge is 0.303 e. The molecule has 0 aliphatic heterocycles. The van der Waals surface area contributed by atoms with Crippen molar-refractivity contribution in [3.8, 4) is 0 Å². The Morgan fingerprint density at radius 1 is 0.857 bits per heavy atom. The van der Waals surface area contributed by atoms with E-state index in [1.807, 2.05) is 11.3 Å². The Bertz CT molecular complexity index is 545. The van der Waals surface area contributed by atoms with Crippen LogP contribution in [0, 0.1) is 0 Å². The highest BCUT2D eigenvalue weighted by molar-refractivity contribution is 7.11. The van der Waals surface area contributed by atoms with Gasteiger partial charge in [-0.25, -0.2) is 0 Å². The first-order chi connectivity index (χ1) is 10.2. The van der Waals surface area contributed by atoms with Crippen molar-refractivity contribution in [3.63, 3.8) is 0 Å². The molecule has 2 aromatic rings. The number of hydrogen-bond donors (Lipinski definition) is 1. The van der Waals surface area contributed by atoms with Gasteiger partial charge < -0.3 is 5.11 Å². The van der Waals surface area contributed by atoms with E-state index in [1.54, 1.807) is 0 Å². The molecule has 0 spiro atoms. The minimum absolute atomic E-state index is 0.298. The summed E-state index contributed by atoms with van der Waals surface area (Å²) >= 11 is 1.90. The molecule has 0 aliphatic rings. The quantitative estimate of drug-likeness (QED) is 0.680. The van der Waals surface area contributed by atoms with Crippen LogP contribution in [0.5, 0.6) is 0 Å². The molecular weight excluding hydrogens is 280 g/mol. The molecule has 0 radical (unpaired) electrons. The third-order valence-electron chi connectivity index (χ3n) is 3.53. The monoisotopic (exact) mass is 302 g/mol. The fourth-order valence-electron chi connectivity index (χ4n) is 2.36. The molecule has 2 rings (SSSR count). The third-order valence-corrected chi connectivity index (χ3v) is 4.74. The predicted molar refractivity (Wildman–Crippen MR) is 88.0 cm³/mol. The molecule has 0 saturated heterocycles. The second-order valence-electron chi connectivity index (χ2n) is 5.31. The summed E-state index contributed by atoms with van der Waals surface area (Å²) in [4.78, 5) is 13.3. The van der Waals surface area contributed by atoms with Crippen LogP contribution < -0.4 is 0 Å². The molecule has 0 fully saturated rings. The first-order valence-corrected chi connectivity index (χ1v) is 8.39. The van der Waals surface area contributed by atoms with Gasteiger partial charge >= 0.3 is 5.97 Å². The summed E-state index contributed by atoms with van der Waals surface area (Å²) in [6, 6.07) is 15.0. The van der Waals surface area contributed by atoms with Crippen molar-refractivity contribution in [2.24, 2.45) is 0 Å². The van der Waals surface area contributed by atoms with Gasteiger partial charge in [0.1, 0.15) is 0 Å². The lowest BCUT2D eigenvalue weighted by atomic mass is 10.1. The van der Waals surface area contributed by atoms with E-state index in [9.17, 15) is 4.79 Å². The average Bonchev–Trinajstić information content (AvgIpc) is 2.93. The highest BCUT2D eigenvalue weighted by Crippen LogP contribution is 2.21. The van der Waals surface area contributed by atoms with E-state index in [2.05, 4.69) is 42.5 Å². The van der Waals surface area contributed by atoms with Gasteiger partial charge in [0.25, 0.3) is 0 Å². The number of carboxylic acids is 1. The molecule has 0 unspecified atom stereocenters. The maximum absolute atomic E-state index is 10.4. The summed E-state index contributed by atoms with van der Waals surface area (Å²) in [7, 11) is 0. The lowest BCUT2D eigenvalue weighted by molar-refractivity contribution is -0.137. The van der Waals surface area contributed by atoms with Crippen LogP contribution >= 0.6 is 11.3 Å². The number of unbranched alkanes of at least 4 members (excludes halogenated alkanes) is 2. The van der Waals surface area contributed by atoms with E-state index >= 15 is 0 Å². The molecule has 1 heterocycles. The number of carbonyl (C=O) groups is 1. The van der Waals surface area contributed by atoms with Gasteiger partial charge in [0.05, 0.1) is 0 Å². The minimum Gasteiger partial charge on any atom is -0.481 e. The standard InChI is InChI=1S/C18H22O2S/c19-18(20)10-6-2-5-9-16-13-14-17(21-16)12-11-15-7-3-1-4-8-15/h1,3-4,7-8,13-14H,2,5-6,9-12H2,(H,19,20). The molecule has 2 nitrogen and oxygen atoms in total. The number of aliphatic carboxylic acids is 1. The summed E-state index contributed by atoms with van der Waals surface area (Å²) in [6.45, 7) is 0. The van der Waals surface area contributed by atoms with Crippen molar-refractivity contribution >= 4 is 17.3 Å². The van der Waals surface area contributed by atoms with Crippen LogP contribution in [0.15, 0.2) is 42.5 Å². The average molecular weight is 302 g/mol. The van der Waals surface area contributed by atoms with Gasteiger partial charge in [-0.3, -0.25) is 4.79 Å². The molecule has 0 atom stereocenters. The summed E-state index contributed by atoms with van der Waals surface area (Å²) in [5.41, 5.74) is 1.39. The molecule has 1 N–H and O–H groups in total. The van der Waals surface area contributed by atoms with E-state index < -0.39 is 5.97 Å². The topological polar surface area (TPSA) is 37.3 Å². The molecule has 1 aromatic carbocycles. The van der Waals surface area contributed by atoms with E-state index in [0.29, 0.717) is 6.42 Å². The SMILES string of the molecule is O=C(O)CCCCCc1ccc(CCc2ccccc2)s1. The summed E-state index contributed by atoms with van der Waals surface area (Å²) < 4.78 is 0. The highest BCUT2D eigenvalue weighted by atomic mass is 32.1. The molecule has 0 aliphatic carbocycles. The number of thiophene rings is 1. The first kappa shape index (κ1) is 15.8. The van der Waals surface area contributed by atoms with Gasteiger partial charge in [-0.05, 0) is 49.8 Å². The number of hydrogen-bond acceptors (Lipinski definition) is 2. The van der Waals surface area contributed by atoms with E-state index in [4.69, 9.17) is 5.11 Å². The number of carboxylic acid groups (broad SMARTS) is 1. The Kier molecular flexibility index (Phi) is 6.48. The maximum atomic E-state index is 10.4. The number of benzene rings is 1. The molecule has 0 saturated carbocycles. The Morgan fingerprint density at radius 3 is 2.29 bits per heavy atom. The fourth-order valence-corrected chi connectivity index (χ4v) is 3.41. The molecule has 1 aromatic heterocycles. The van der Waals surface area contributed by atoms with E-state index in [0.717, 1.165) is 38.5 Å². The zero-order valence-corrected chi connectivity index (χ0v) is 13.1.